The van der Waals surface area contributed by atoms with Crippen LogP contribution >= 0.6 is 0 Å². The lowest BCUT2D eigenvalue weighted by Gasteiger charge is -2.38. The van der Waals surface area contributed by atoms with Gasteiger partial charge in [-0.3, -0.25) is 19.4 Å². The molecule has 2 fully saturated rings. The standard InChI is InChI=1S/C22H33FN4O2/c1-17-5-3-4-10-27(17)22(29)16-26-13-11-25(12-14-26)15-21(28)24-18(2)19-6-8-20(23)9-7-19/h6-9,17-18H,3-5,10-16H2,1-2H3,(H,24,28). The molecule has 0 aromatic heterocycles. The molecule has 6 nitrogen and oxygen atoms in total. The second-order valence-corrected chi connectivity index (χ2v) is 8.32. The Kier molecular flexibility index (Phi) is 7.61. The van der Waals surface area contributed by atoms with Crippen molar-refractivity contribution < 1.29 is 14.0 Å². The van der Waals surface area contributed by atoms with Gasteiger partial charge in [-0.15, -0.1) is 0 Å². The van der Waals surface area contributed by atoms with Crippen molar-refractivity contribution in [2.75, 3.05) is 45.8 Å². The van der Waals surface area contributed by atoms with Crippen molar-refractivity contribution in [3.05, 3.63) is 35.6 Å². The van der Waals surface area contributed by atoms with Crippen LogP contribution in [-0.4, -0.2) is 78.4 Å². The first kappa shape index (κ1) is 21.7. The molecule has 2 unspecified atom stereocenters. The van der Waals surface area contributed by atoms with Crippen molar-refractivity contribution in [1.29, 1.82) is 0 Å². The van der Waals surface area contributed by atoms with E-state index in [1.807, 2.05) is 11.8 Å². The Labute approximate surface area is 173 Å². The van der Waals surface area contributed by atoms with Crippen LogP contribution in [0.3, 0.4) is 0 Å². The number of hydrogen-bond donors (Lipinski definition) is 1. The zero-order valence-electron chi connectivity index (χ0n) is 17.6. The number of rotatable bonds is 6. The summed E-state index contributed by atoms with van der Waals surface area (Å²) < 4.78 is 13.0. The Morgan fingerprint density at radius 1 is 1.03 bits per heavy atom. The van der Waals surface area contributed by atoms with Crippen LogP contribution in [0.5, 0.6) is 0 Å². The summed E-state index contributed by atoms with van der Waals surface area (Å²) in [5.74, 6) is -0.0802. The van der Waals surface area contributed by atoms with Gasteiger partial charge in [-0.1, -0.05) is 12.1 Å². The highest BCUT2D eigenvalue weighted by Gasteiger charge is 2.26. The second kappa shape index (κ2) is 10.2. The molecule has 2 atom stereocenters. The average Bonchev–Trinajstić information content (AvgIpc) is 2.70. The maximum Gasteiger partial charge on any atom is 0.236 e. The van der Waals surface area contributed by atoms with Crippen molar-refractivity contribution >= 4 is 11.8 Å². The zero-order chi connectivity index (χ0) is 20.8. The molecule has 2 saturated heterocycles. The summed E-state index contributed by atoms with van der Waals surface area (Å²) in [6.07, 6.45) is 3.42. The van der Waals surface area contributed by atoms with Gasteiger partial charge >= 0.3 is 0 Å². The van der Waals surface area contributed by atoms with E-state index in [4.69, 9.17) is 0 Å². The number of halogens is 1. The van der Waals surface area contributed by atoms with Gasteiger partial charge in [-0.25, -0.2) is 4.39 Å². The normalized spacial score (nSPS) is 22.3. The second-order valence-electron chi connectivity index (χ2n) is 8.32. The zero-order valence-corrected chi connectivity index (χ0v) is 17.6. The molecule has 2 aliphatic rings. The van der Waals surface area contributed by atoms with Crippen LogP contribution in [0.25, 0.3) is 0 Å². The number of carbonyl (C=O) groups excluding carboxylic acids is 2. The van der Waals surface area contributed by atoms with E-state index in [2.05, 4.69) is 22.0 Å². The highest BCUT2D eigenvalue weighted by atomic mass is 19.1. The fourth-order valence-electron chi connectivity index (χ4n) is 4.18. The summed E-state index contributed by atoms with van der Waals surface area (Å²) in [4.78, 5) is 31.3. The number of likely N-dealkylation sites (tertiary alicyclic amines) is 1. The van der Waals surface area contributed by atoms with E-state index in [9.17, 15) is 14.0 Å². The molecule has 0 saturated carbocycles. The fraction of sp³-hybridized carbons (Fsp3) is 0.636. The van der Waals surface area contributed by atoms with Gasteiger partial charge in [0, 0.05) is 38.8 Å². The molecule has 3 rings (SSSR count). The third-order valence-electron chi connectivity index (χ3n) is 6.06. The van der Waals surface area contributed by atoms with Crippen molar-refractivity contribution in [2.24, 2.45) is 0 Å². The highest BCUT2D eigenvalue weighted by Crippen LogP contribution is 2.17. The first-order valence-electron chi connectivity index (χ1n) is 10.7. The van der Waals surface area contributed by atoms with Crippen LogP contribution in [0.2, 0.25) is 0 Å². The maximum absolute atomic E-state index is 13.0. The number of nitrogens with zero attached hydrogens (tertiary/aromatic N) is 3. The van der Waals surface area contributed by atoms with Crippen LogP contribution in [0.15, 0.2) is 24.3 Å². The SMILES string of the molecule is CC(NC(=O)CN1CCN(CC(=O)N2CCCCC2C)CC1)c1ccc(F)cc1. The van der Waals surface area contributed by atoms with Gasteiger partial charge in [-0.2, -0.15) is 0 Å². The number of benzene rings is 1. The molecule has 1 aromatic rings. The van der Waals surface area contributed by atoms with Crippen LogP contribution < -0.4 is 5.32 Å². The van der Waals surface area contributed by atoms with Crippen molar-refractivity contribution in [3.63, 3.8) is 0 Å². The van der Waals surface area contributed by atoms with E-state index < -0.39 is 0 Å². The topological polar surface area (TPSA) is 55.9 Å². The molecule has 1 N–H and O–H groups in total. The van der Waals surface area contributed by atoms with Crippen molar-refractivity contribution in [2.45, 2.75) is 45.2 Å². The number of amides is 2. The summed E-state index contributed by atoms with van der Waals surface area (Å²) in [7, 11) is 0. The molecule has 29 heavy (non-hydrogen) atoms. The number of hydrogen-bond acceptors (Lipinski definition) is 4. The lowest BCUT2D eigenvalue weighted by molar-refractivity contribution is -0.136. The van der Waals surface area contributed by atoms with Crippen LogP contribution in [0.4, 0.5) is 4.39 Å². The molecule has 2 heterocycles. The van der Waals surface area contributed by atoms with E-state index in [1.165, 1.54) is 18.6 Å². The molecular formula is C22H33FN4O2. The molecule has 2 amide bonds. The van der Waals surface area contributed by atoms with Crippen LogP contribution in [-0.2, 0) is 9.59 Å². The molecular weight excluding hydrogens is 371 g/mol. The smallest absolute Gasteiger partial charge is 0.236 e. The van der Waals surface area contributed by atoms with Crippen molar-refractivity contribution in [3.8, 4) is 0 Å². The predicted octanol–water partition coefficient (Wildman–Crippen LogP) is 2.02. The number of carbonyl (C=O) groups is 2. The lowest BCUT2D eigenvalue weighted by Crippen LogP contribution is -2.53. The van der Waals surface area contributed by atoms with Gasteiger partial charge in [0.2, 0.25) is 11.8 Å². The van der Waals surface area contributed by atoms with Gasteiger partial charge in [0.05, 0.1) is 19.1 Å². The predicted molar refractivity (Wildman–Crippen MR) is 111 cm³/mol. The molecule has 7 heteroatoms. The Morgan fingerprint density at radius 2 is 1.66 bits per heavy atom. The lowest BCUT2D eigenvalue weighted by atomic mass is 10.0. The van der Waals surface area contributed by atoms with E-state index in [0.717, 1.165) is 51.1 Å². The molecule has 2 aliphatic heterocycles. The quantitative estimate of drug-likeness (QED) is 0.788. The first-order chi connectivity index (χ1) is 13.9. The van der Waals surface area contributed by atoms with E-state index >= 15 is 0 Å². The largest absolute Gasteiger partial charge is 0.348 e. The third-order valence-corrected chi connectivity index (χ3v) is 6.06. The molecule has 0 aliphatic carbocycles. The minimum absolute atomic E-state index is 0.0338. The summed E-state index contributed by atoms with van der Waals surface area (Å²) in [6, 6.07) is 6.39. The minimum Gasteiger partial charge on any atom is -0.348 e. The first-order valence-corrected chi connectivity index (χ1v) is 10.7. The van der Waals surface area contributed by atoms with Gasteiger partial charge < -0.3 is 10.2 Å². The summed E-state index contributed by atoms with van der Waals surface area (Å²) in [5, 5.41) is 2.98. The molecule has 160 valence electrons. The van der Waals surface area contributed by atoms with Crippen LogP contribution in [0.1, 0.15) is 44.7 Å². The highest BCUT2D eigenvalue weighted by molar-refractivity contribution is 5.79. The van der Waals surface area contributed by atoms with Crippen molar-refractivity contribution in [1.82, 2.24) is 20.0 Å². The average molecular weight is 405 g/mol. The van der Waals surface area contributed by atoms with Gasteiger partial charge in [-0.05, 0) is 50.8 Å². The van der Waals surface area contributed by atoms with Gasteiger partial charge in [0.1, 0.15) is 5.82 Å². The van der Waals surface area contributed by atoms with E-state index in [-0.39, 0.29) is 23.7 Å². The Bertz CT molecular complexity index is 689. The van der Waals surface area contributed by atoms with Gasteiger partial charge in [0.15, 0.2) is 0 Å². The number of piperazine rings is 1. The van der Waals surface area contributed by atoms with E-state index in [1.54, 1.807) is 12.1 Å². The van der Waals surface area contributed by atoms with E-state index in [0.29, 0.717) is 19.1 Å². The molecule has 1 aromatic carbocycles. The number of nitrogens with one attached hydrogen (secondary N) is 1. The summed E-state index contributed by atoms with van der Waals surface area (Å²) in [5.41, 5.74) is 0.884. The Balaban J connectivity index is 1.38. The third kappa shape index (κ3) is 6.24. The number of piperidine rings is 1. The minimum atomic E-state index is -0.279. The maximum atomic E-state index is 13.0. The molecule has 0 bridgehead atoms. The molecule has 0 spiro atoms. The fourth-order valence-corrected chi connectivity index (χ4v) is 4.18. The molecule has 0 radical (unpaired) electrons. The summed E-state index contributed by atoms with van der Waals surface area (Å²) in [6.45, 7) is 8.90. The summed E-state index contributed by atoms with van der Waals surface area (Å²) >= 11 is 0. The van der Waals surface area contributed by atoms with Gasteiger partial charge in [0.25, 0.3) is 0 Å². The Morgan fingerprint density at radius 3 is 2.28 bits per heavy atom. The monoisotopic (exact) mass is 404 g/mol. The van der Waals surface area contributed by atoms with Crippen LogP contribution in [0, 0.1) is 5.82 Å². The Hall–Kier alpha value is -1.99.